The Morgan fingerprint density at radius 1 is 1.06 bits per heavy atom. The summed E-state index contributed by atoms with van der Waals surface area (Å²) < 4.78 is 1.60. The highest BCUT2D eigenvalue weighted by Gasteiger charge is 2.26. The van der Waals surface area contributed by atoms with Crippen molar-refractivity contribution in [3.8, 4) is 0 Å². The minimum absolute atomic E-state index is 0.134. The first-order chi connectivity index (χ1) is 16.5. The molecule has 1 aliphatic heterocycles. The standard InChI is InChI=1S/C25H28N6O3/c1-18-6-8-19(9-7-18)17-30-13-4-14-31-22(25(30)34)15-21(29-31)24(33)27-12-10-23(32)28-16-20-5-2-3-11-26-20/h2-3,5-9,11,15H,4,10,12-14,16-17H2,1H3,(H,27,33)(H,28,32). The number of aromatic nitrogens is 3. The van der Waals surface area contributed by atoms with Gasteiger partial charge in [0.25, 0.3) is 11.8 Å². The highest BCUT2D eigenvalue weighted by Crippen LogP contribution is 2.17. The van der Waals surface area contributed by atoms with E-state index in [9.17, 15) is 14.4 Å². The van der Waals surface area contributed by atoms with Crippen molar-refractivity contribution in [2.45, 2.75) is 39.4 Å². The molecule has 0 aliphatic carbocycles. The third-order valence-electron chi connectivity index (χ3n) is 5.64. The molecule has 3 heterocycles. The average Bonchev–Trinajstić information content (AvgIpc) is 3.22. The number of hydrogen-bond acceptors (Lipinski definition) is 5. The molecule has 0 atom stereocenters. The summed E-state index contributed by atoms with van der Waals surface area (Å²) in [5.41, 5.74) is 3.58. The maximum absolute atomic E-state index is 13.1. The molecule has 0 spiro atoms. The molecule has 1 aliphatic rings. The number of benzene rings is 1. The fourth-order valence-corrected chi connectivity index (χ4v) is 3.77. The molecule has 0 bridgehead atoms. The van der Waals surface area contributed by atoms with E-state index in [1.54, 1.807) is 15.8 Å². The number of nitrogens with zero attached hydrogens (tertiary/aromatic N) is 4. The molecule has 3 amide bonds. The quantitative estimate of drug-likeness (QED) is 0.535. The summed E-state index contributed by atoms with van der Waals surface area (Å²) in [5, 5.41) is 9.81. The van der Waals surface area contributed by atoms with Crippen LogP contribution in [0.2, 0.25) is 0 Å². The summed E-state index contributed by atoms with van der Waals surface area (Å²) in [5.74, 6) is -0.733. The van der Waals surface area contributed by atoms with E-state index in [-0.39, 0.29) is 30.5 Å². The third kappa shape index (κ3) is 5.86. The van der Waals surface area contributed by atoms with Crippen LogP contribution in [0.15, 0.2) is 54.7 Å². The summed E-state index contributed by atoms with van der Waals surface area (Å²) in [4.78, 5) is 43.6. The number of rotatable bonds is 8. The molecule has 3 aromatic rings. The van der Waals surface area contributed by atoms with Crippen LogP contribution in [0.25, 0.3) is 0 Å². The van der Waals surface area contributed by atoms with E-state index in [2.05, 4.69) is 20.7 Å². The first kappa shape index (κ1) is 23.2. The Hall–Kier alpha value is -4.01. The van der Waals surface area contributed by atoms with Gasteiger partial charge in [0.2, 0.25) is 5.91 Å². The highest BCUT2D eigenvalue weighted by molar-refractivity contribution is 5.98. The Bertz CT molecular complexity index is 1160. The maximum atomic E-state index is 13.1. The fourth-order valence-electron chi connectivity index (χ4n) is 3.77. The Labute approximate surface area is 198 Å². The van der Waals surface area contributed by atoms with E-state index in [0.29, 0.717) is 31.9 Å². The molecule has 2 N–H and O–H groups in total. The van der Waals surface area contributed by atoms with Crippen molar-refractivity contribution in [3.05, 3.63) is 82.9 Å². The van der Waals surface area contributed by atoms with Crippen molar-refractivity contribution in [3.63, 3.8) is 0 Å². The van der Waals surface area contributed by atoms with Crippen LogP contribution in [0.1, 0.15) is 50.6 Å². The number of carbonyl (C=O) groups excluding carboxylic acids is 3. The van der Waals surface area contributed by atoms with Gasteiger partial charge in [-0.1, -0.05) is 35.9 Å². The van der Waals surface area contributed by atoms with Gasteiger partial charge >= 0.3 is 0 Å². The predicted molar refractivity (Wildman–Crippen MR) is 126 cm³/mol. The SMILES string of the molecule is Cc1ccc(CN2CCCn3nc(C(=O)NCCC(=O)NCc4ccccn4)cc3C2=O)cc1. The lowest BCUT2D eigenvalue weighted by Crippen LogP contribution is -2.31. The highest BCUT2D eigenvalue weighted by atomic mass is 16.2. The first-order valence-electron chi connectivity index (χ1n) is 11.4. The third-order valence-corrected chi connectivity index (χ3v) is 5.64. The number of aryl methyl sites for hydroxylation is 2. The molecule has 0 radical (unpaired) electrons. The summed E-state index contributed by atoms with van der Waals surface area (Å²) >= 11 is 0. The molecule has 0 fully saturated rings. The van der Waals surface area contributed by atoms with Gasteiger partial charge in [0, 0.05) is 44.9 Å². The zero-order valence-electron chi connectivity index (χ0n) is 19.2. The van der Waals surface area contributed by atoms with E-state index < -0.39 is 5.91 Å². The molecule has 0 unspecified atom stereocenters. The van der Waals surface area contributed by atoms with Crippen molar-refractivity contribution < 1.29 is 14.4 Å². The minimum atomic E-state index is -0.406. The smallest absolute Gasteiger partial charge is 0.272 e. The number of fused-ring (bicyclic) bond motifs is 1. The second-order valence-corrected chi connectivity index (χ2v) is 8.31. The lowest BCUT2D eigenvalue weighted by molar-refractivity contribution is -0.121. The number of nitrogens with one attached hydrogen (secondary N) is 2. The van der Waals surface area contributed by atoms with E-state index in [1.807, 2.05) is 49.4 Å². The van der Waals surface area contributed by atoms with Gasteiger partial charge in [0.15, 0.2) is 5.69 Å². The molecule has 2 aromatic heterocycles. The number of carbonyl (C=O) groups is 3. The second-order valence-electron chi connectivity index (χ2n) is 8.31. The predicted octanol–water partition coefficient (Wildman–Crippen LogP) is 2.07. The topological polar surface area (TPSA) is 109 Å². The number of amides is 3. The van der Waals surface area contributed by atoms with E-state index >= 15 is 0 Å². The van der Waals surface area contributed by atoms with E-state index in [4.69, 9.17) is 0 Å². The van der Waals surface area contributed by atoms with Crippen molar-refractivity contribution >= 4 is 17.7 Å². The van der Waals surface area contributed by atoms with Crippen molar-refractivity contribution in [1.82, 2.24) is 30.3 Å². The van der Waals surface area contributed by atoms with Crippen LogP contribution in [0.5, 0.6) is 0 Å². The number of pyridine rings is 1. The molecule has 1 aromatic carbocycles. The molecule has 4 rings (SSSR count). The van der Waals surface area contributed by atoms with Gasteiger partial charge in [0.05, 0.1) is 12.2 Å². The molecule has 9 nitrogen and oxygen atoms in total. The van der Waals surface area contributed by atoms with Crippen LogP contribution in [0.3, 0.4) is 0 Å². The van der Waals surface area contributed by atoms with Crippen LogP contribution in [-0.4, -0.2) is 50.5 Å². The molecular formula is C25H28N6O3. The Morgan fingerprint density at radius 2 is 1.88 bits per heavy atom. The zero-order valence-corrected chi connectivity index (χ0v) is 19.2. The summed E-state index contributed by atoms with van der Waals surface area (Å²) in [6.07, 6.45) is 2.56. The zero-order chi connectivity index (χ0) is 23.9. The minimum Gasteiger partial charge on any atom is -0.350 e. The van der Waals surface area contributed by atoms with Gasteiger partial charge in [-0.15, -0.1) is 0 Å². The largest absolute Gasteiger partial charge is 0.350 e. The lowest BCUT2D eigenvalue weighted by Gasteiger charge is -2.20. The summed E-state index contributed by atoms with van der Waals surface area (Å²) in [6.45, 7) is 4.24. The Morgan fingerprint density at radius 3 is 2.65 bits per heavy atom. The van der Waals surface area contributed by atoms with Gasteiger partial charge in [-0.05, 0) is 31.0 Å². The Balaban J connectivity index is 1.30. The molecule has 9 heteroatoms. The molecule has 0 saturated carbocycles. The van der Waals surface area contributed by atoms with Gasteiger partial charge in [-0.3, -0.25) is 24.0 Å². The van der Waals surface area contributed by atoms with Gasteiger partial charge in [0.1, 0.15) is 5.69 Å². The van der Waals surface area contributed by atoms with Crippen LogP contribution in [0.4, 0.5) is 0 Å². The van der Waals surface area contributed by atoms with E-state index in [0.717, 1.165) is 17.7 Å². The fraction of sp³-hybridized carbons (Fsp3) is 0.320. The maximum Gasteiger partial charge on any atom is 0.272 e. The first-order valence-corrected chi connectivity index (χ1v) is 11.4. The van der Waals surface area contributed by atoms with Gasteiger partial charge in [-0.2, -0.15) is 5.10 Å². The average molecular weight is 461 g/mol. The van der Waals surface area contributed by atoms with Crippen molar-refractivity contribution in [1.29, 1.82) is 0 Å². The molecule has 34 heavy (non-hydrogen) atoms. The van der Waals surface area contributed by atoms with Crippen LogP contribution < -0.4 is 10.6 Å². The van der Waals surface area contributed by atoms with Crippen LogP contribution in [-0.2, 0) is 24.4 Å². The molecule has 0 saturated heterocycles. The summed E-state index contributed by atoms with van der Waals surface area (Å²) in [7, 11) is 0. The van der Waals surface area contributed by atoms with Crippen LogP contribution >= 0.6 is 0 Å². The Kier molecular flexibility index (Phi) is 7.31. The molecule has 176 valence electrons. The number of hydrogen-bond donors (Lipinski definition) is 2. The molecular weight excluding hydrogens is 432 g/mol. The summed E-state index contributed by atoms with van der Waals surface area (Å²) in [6, 6.07) is 15.1. The second kappa shape index (κ2) is 10.7. The normalized spacial score (nSPS) is 13.2. The van der Waals surface area contributed by atoms with E-state index in [1.165, 1.54) is 11.6 Å². The van der Waals surface area contributed by atoms with Gasteiger partial charge < -0.3 is 15.5 Å². The lowest BCUT2D eigenvalue weighted by atomic mass is 10.1. The van der Waals surface area contributed by atoms with Crippen LogP contribution in [0, 0.1) is 6.92 Å². The monoisotopic (exact) mass is 460 g/mol. The van der Waals surface area contributed by atoms with Gasteiger partial charge in [-0.25, -0.2) is 0 Å². The van der Waals surface area contributed by atoms with Crippen molar-refractivity contribution in [2.24, 2.45) is 0 Å². The van der Waals surface area contributed by atoms with Crippen molar-refractivity contribution in [2.75, 3.05) is 13.1 Å².